The van der Waals surface area contributed by atoms with Gasteiger partial charge in [0.25, 0.3) is 0 Å². The molecule has 3 aliphatic heterocycles. The number of piperazine rings is 2. The van der Waals surface area contributed by atoms with Gasteiger partial charge in [0.15, 0.2) is 0 Å². The number of halogens is 12. The van der Waals surface area contributed by atoms with Crippen molar-refractivity contribution >= 4 is 5.69 Å². The molecule has 4 heterocycles. The number of rotatable bonds is 7. The van der Waals surface area contributed by atoms with Crippen LogP contribution in [-0.2, 0) is 59.5 Å². The number of aryl methyl sites for hydroxylation is 1. The highest BCUT2D eigenvalue weighted by molar-refractivity contribution is 5.57. The molecule has 19 heteroatoms. The van der Waals surface area contributed by atoms with Crippen molar-refractivity contribution in [1.82, 2.24) is 29.2 Å². The summed E-state index contributed by atoms with van der Waals surface area (Å²) in [5, 5.41) is 0. The van der Waals surface area contributed by atoms with Crippen LogP contribution in [0.25, 0.3) is 5.69 Å². The zero-order valence-corrected chi connectivity index (χ0v) is 52.6. The van der Waals surface area contributed by atoms with Crippen LogP contribution in [0, 0.1) is 6.92 Å². The lowest BCUT2D eigenvalue weighted by molar-refractivity contribution is -0.139. The van der Waals surface area contributed by atoms with E-state index in [-0.39, 0.29) is 29.1 Å². The van der Waals surface area contributed by atoms with Crippen molar-refractivity contribution in [2.24, 2.45) is 0 Å². The number of benzene rings is 4. The van der Waals surface area contributed by atoms with E-state index in [1.807, 2.05) is 113 Å². The van der Waals surface area contributed by atoms with E-state index in [9.17, 15) is 52.7 Å². The predicted molar refractivity (Wildman–Crippen MR) is 325 cm³/mol. The topological polar surface area (TPSA) is 34.0 Å². The maximum absolute atomic E-state index is 13.5. The third-order valence-corrected chi connectivity index (χ3v) is 15.8. The third-order valence-electron chi connectivity index (χ3n) is 15.8. The number of likely N-dealkylation sites (N-methyl/N-ethyl adjacent to an activating group) is 2. The fourth-order valence-electron chi connectivity index (χ4n) is 10.2. The van der Waals surface area contributed by atoms with E-state index in [0.29, 0.717) is 59.8 Å². The Kier molecular flexibility index (Phi) is 24.8. The summed E-state index contributed by atoms with van der Waals surface area (Å²) in [5.41, 5.74) is 1.85. The average molecular weight is 1230 g/mol. The molecule has 0 saturated carbocycles. The molecule has 0 bridgehead atoms. The molecule has 8 rings (SSSR count). The summed E-state index contributed by atoms with van der Waals surface area (Å²) in [5.74, 6) is 0. The Balaban J connectivity index is 0.000000245. The SMILES string of the molecule is C.CC(C)(C)c1ccc(CN2CCCCC2)c(C(F)(F)F)c1.CCN1CCN(Cc2ccc(C(C)(C)C)cc2C(F)(F)F)CC1.CN1CCN(c2ccc(C(C)(C)C)cc2C(F)(F)F)CC1.Cc1cn(-c2cc(C(C)(C)C)cc(C(F)(F)F)c2)cn1. The Morgan fingerprint density at radius 3 is 1.20 bits per heavy atom. The van der Waals surface area contributed by atoms with E-state index in [4.69, 9.17) is 0 Å². The molecule has 482 valence electrons. The first-order valence-electron chi connectivity index (χ1n) is 29.4. The van der Waals surface area contributed by atoms with Crippen LogP contribution in [0.15, 0.2) is 85.3 Å². The second-order valence-corrected chi connectivity index (χ2v) is 27.0. The first kappa shape index (κ1) is 73.4. The lowest BCUT2D eigenvalue weighted by Gasteiger charge is -2.36. The van der Waals surface area contributed by atoms with Crippen LogP contribution >= 0.6 is 0 Å². The summed E-state index contributed by atoms with van der Waals surface area (Å²) >= 11 is 0. The number of likely N-dealkylation sites (tertiary alicyclic amines) is 1. The number of hydrogen-bond acceptors (Lipinski definition) is 6. The molecule has 0 radical (unpaired) electrons. The van der Waals surface area contributed by atoms with E-state index in [1.165, 1.54) is 37.0 Å². The lowest BCUT2D eigenvalue weighted by Crippen LogP contribution is -2.45. The molecule has 86 heavy (non-hydrogen) atoms. The molecular weight excluding hydrogens is 1130 g/mol. The summed E-state index contributed by atoms with van der Waals surface area (Å²) in [6.07, 6.45) is -10.7. The zero-order valence-electron chi connectivity index (χ0n) is 52.6. The van der Waals surface area contributed by atoms with Crippen LogP contribution in [0.4, 0.5) is 58.4 Å². The number of anilines is 1. The van der Waals surface area contributed by atoms with Crippen molar-refractivity contribution in [2.45, 2.75) is 183 Å². The largest absolute Gasteiger partial charge is 0.418 e. The van der Waals surface area contributed by atoms with Gasteiger partial charge in [-0.25, -0.2) is 4.98 Å². The normalized spacial score (nSPS) is 16.7. The standard InChI is InChI=1S/C18H27F3N2.C17H24F3N.C16H23F3N2.C15H17F3N2.CH4/c1-5-22-8-10-23(11-9-22)13-14-6-7-15(17(2,3)4)12-16(14)18(19,20)21;1-16(2,3)14-8-7-13(15(11-14)17(18,19)20)12-21-9-5-4-6-10-21;1-15(2,3)12-5-6-14(13(11-12)16(17,18)19)21-9-7-20(4)8-10-21;1-10-8-20(9-19-10)13-6-11(14(2,3)4)5-12(7-13)15(16,17)18;/h6-7,12H,5,8-11,13H2,1-4H3;7-8,11H,4-6,9-10,12H2,1-3H3;5-6,11H,7-10H2,1-4H3;5-9H,1-4H3;1H4. The highest BCUT2D eigenvalue weighted by atomic mass is 19.4. The molecule has 0 spiro atoms. The van der Waals surface area contributed by atoms with E-state index in [0.717, 1.165) is 94.6 Å². The smallest absolute Gasteiger partial charge is 0.368 e. The Morgan fingerprint density at radius 1 is 0.419 bits per heavy atom. The molecule has 4 aromatic carbocycles. The van der Waals surface area contributed by atoms with Gasteiger partial charge in [-0.2, -0.15) is 52.7 Å². The number of alkyl halides is 12. The first-order valence-corrected chi connectivity index (χ1v) is 29.4. The molecule has 0 atom stereocenters. The van der Waals surface area contributed by atoms with Crippen LogP contribution in [0.2, 0.25) is 0 Å². The summed E-state index contributed by atoms with van der Waals surface area (Å²) in [6.45, 7) is 36.9. The van der Waals surface area contributed by atoms with Crippen LogP contribution < -0.4 is 4.90 Å². The number of aromatic nitrogens is 2. The van der Waals surface area contributed by atoms with Gasteiger partial charge in [0.2, 0.25) is 0 Å². The van der Waals surface area contributed by atoms with Crippen molar-refractivity contribution in [3.63, 3.8) is 0 Å². The Bertz CT molecular complexity index is 2870. The molecule has 5 aromatic rings. The molecule has 0 aliphatic carbocycles. The molecule has 0 amide bonds. The maximum atomic E-state index is 13.5. The molecule has 3 saturated heterocycles. The third kappa shape index (κ3) is 21.6. The van der Waals surface area contributed by atoms with Gasteiger partial charge in [-0.05, 0) is 144 Å². The van der Waals surface area contributed by atoms with Gasteiger partial charge in [-0.3, -0.25) is 9.80 Å². The quantitative estimate of drug-likeness (QED) is 0.151. The second-order valence-electron chi connectivity index (χ2n) is 27.0. The van der Waals surface area contributed by atoms with Crippen molar-refractivity contribution in [3.05, 3.63) is 147 Å². The summed E-state index contributed by atoms with van der Waals surface area (Å²) < 4.78 is 161. The van der Waals surface area contributed by atoms with Crippen LogP contribution in [0.1, 0.15) is 178 Å². The predicted octanol–water partition coefficient (Wildman–Crippen LogP) is 18.0. The number of hydrogen-bond donors (Lipinski definition) is 0. The van der Waals surface area contributed by atoms with Crippen molar-refractivity contribution in [1.29, 1.82) is 0 Å². The van der Waals surface area contributed by atoms with Crippen molar-refractivity contribution < 1.29 is 52.7 Å². The lowest BCUT2D eigenvalue weighted by atomic mass is 9.85. The molecule has 0 unspecified atom stereocenters. The zero-order chi connectivity index (χ0) is 63.9. The fourth-order valence-corrected chi connectivity index (χ4v) is 10.2. The molecule has 1 aromatic heterocycles. The Hall–Kier alpha value is -5.11. The Morgan fingerprint density at radius 2 is 0.814 bits per heavy atom. The molecule has 7 nitrogen and oxygen atoms in total. The minimum Gasteiger partial charge on any atom is -0.368 e. The summed E-state index contributed by atoms with van der Waals surface area (Å²) in [6, 6.07) is 18.6. The second kappa shape index (κ2) is 29.0. The summed E-state index contributed by atoms with van der Waals surface area (Å²) in [7, 11) is 1.99. The molecular formula is C67H95F12N7. The highest BCUT2D eigenvalue weighted by Gasteiger charge is 2.39. The average Bonchev–Trinajstić information content (AvgIpc) is 1.30. The summed E-state index contributed by atoms with van der Waals surface area (Å²) in [4.78, 5) is 14.6. The van der Waals surface area contributed by atoms with Gasteiger partial charge in [-0.15, -0.1) is 0 Å². The van der Waals surface area contributed by atoms with Crippen molar-refractivity contribution in [3.8, 4) is 5.69 Å². The van der Waals surface area contributed by atoms with Crippen LogP contribution in [0.5, 0.6) is 0 Å². The molecule has 3 aliphatic rings. The maximum Gasteiger partial charge on any atom is 0.418 e. The minimum atomic E-state index is -4.36. The van der Waals surface area contributed by atoms with E-state index in [2.05, 4.69) is 31.5 Å². The van der Waals surface area contributed by atoms with Gasteiger partial charge in [0.1, 0.15) is 0 Å². The minimum absolute atomic E-state index is 0. The number of imidazole rings is 1. The van der Waals surface area contributed by atoms with Crippen LogP contribution in [0.3, 0.4) is 0 Å². The van der Waals surface area contributed by atoms with Crippen molar-refractivity contribution in [2.75, 3.05) is 83.9 Å². The first-order chi connectivity index (χ1) is 38.9. The van der Waals surface area contributed by atoms with Crippen LogP contribution in [-0.4, -0.2) is 108 Å². The Labute approximate surface area is 505 Å². The van der Waals surface area contributed by atoms with Gasteiger partial charge in [0, 0.05) is 83.0 Å². The highest BCUT2D eigenvalue weighted by Crippen LogP contribution is 2.41. The van der Waals surface area contributed by atoms with E-state index < -0.39 is 47.0 Å². The van der Waals surface area contributed by atoms with Gasteiger partial charge >= 0.3 is 24.7 Å². The van der Waals surface area contributed by atoms with Gasteiger partial charge < -0.3 is 19.3 Å². The molecule has 3 fully saturated rings. The van der Waals surface area contributed by atoms with Gasteiger partial charge in [0.05, 0.1) is 34.3 Å². The fraction of sp³-hybridized carbons (Fsp3) is 0.597. The van der Waals surface area contributed by atoms with E-state index >= 15 is 0 Å². The van der Waals surface area contributed by atoms with E-state index in [1.54, 1.807) is 42.0 Å². The number of piperidine rings is 1. The molecule has 0 N–H and O–H groups in total. The van der Waals surface area contributed by atoms with Gasteiger partial charge in [-0.1, -0.05) is 134 Å². The monoisotopic (exact) mass is 1230 g/mol. The number of nitrogens with zero attached hydrogens (tertiary/aromatic N) is 7.